The second-order valence-electron chi connectivity index (χ2n) is 8.81. The van der Waals surface area contributed by atoms with Crippen molar-refractivity contribution >= 4 is 29.2 Å². The SMILES string of the molecule is CC(C)=CC1C(C)(C)C1(Cn1c(-c2ccc(Cl)cc2)c(C#N)c(Cl)c1C(F)(F)F)C(=O)O. The summed E-state index contributed by atoms with van der Waals surface area (Å²) < 4.78 is 43.2. The number of carbonyl (C=O) groups is 1. The largest absolute Gasteiger partial charge is 0.481 e. The van der Waals surface area contributed by atoms with Crippen LogP contribution in [0.4, 0.5) is 13.2 Å². The monoisotopic (exact) mass is 484 g/mol. The zero-order chi connectivity index (χ0) is 24.2. The molecular weight excluding hydrogens is 464 g/mol. The van der Waals surface area contributed by atoms with E-state index in [1.165, 1.54) is 24.3 Å². The van der Waals surface area contributed by atoms with Gasteiger partial charge >= 0.3 is 12.1 Å². The summed E-state index contributed by atoms with van der Waals surface area (Å²) in [5, 5.41) is 19.4. The highest BCUT2D eigenvalue weighted by molar-refractivity contribution is 6.33. The van der Waals surface area contributed by atoms with E-state index in [-0.39, 0.29) is 16.8 Å². The summed E-state index contributed by atoms with van der Waals surface area (Å²) in [4.78, 5) is 12.5. The Morgan fingerprint density at radius 1 is 1.25 bits per heavy atom. The van der Waals surface area contributed by atoms with Gasteiger partial charge in [-0.2, -0.15) is 18.4 Å². The van der Waals surface area contributed by atoms with Crippen LogP contribution in [-0.4, -0.2) is 15.6 Å². The van der Waals surface area contributed by atoms with Gasteiger partial charge in [0.2, 0.25) is 0 Å². The first-order chi connectivity index (χ1) is 14.7. The van der Waals surface area contributed by atoms with Crippen molar-refractivity contribution in [1.29, 1.82) is 5.26 Å². The van der Waals surface area contributed by atoms with E-state index in [1.807, 2.05) is 13.8 Å². The third-order valence-corrected chi connectivity index (χ3v) is 6.99. The maximum atomic E-state index is 14.1. The first-order valence-electron chi connectivity index (χ1n) is 9.73. The van der Waals surface area contributed by atoms with Crippen LogP contribution in [0, 0.1) is 28.1 Å². The second-order valence-corrected chi connectivity index (χ2v) is 9.62. The number of nitriles is 1. The van der Waals surface area contributed by atoms with E-state index in [4.69, 9.17) is 23.2 Å². The number of allylic oxidation sites excluding steroid dienone is 2. The Kier molecular flexibility index (Phi) is 5.95. The fraction of sp³-hybridized carbons (Fsp3) is 0.391. The Morgan fingerprint density at radius 2 is 1.81 bits per heavy atom. The average molecular weight is 485 g/mol. The lowest BCUT2D eigenvalue weighted by molar-refractivity contribution is -0.149. The van der Waals surface area contributed by atoms with Crippen molar-refractivity contribution in [1.82, 2.24) is 4.57 Å². The quantitative estimate of drug-likeness (QED) is 0.462. The molecule has 4 nitrogen and oxygen atoms in total. The summed E-state index contributed by atoms with van der Waals surface area (Å²) in [6, 6.07) is 7.68. The minimum Gasteiger partial charge on any atom is -0.481 e. The number of alkyl halides is 3. The first kappa shape index (κ1) is 24.2. The Balaban J connectivity index is 2.35. The second kappa shape index (κ2) is 7.86. The van der Waals surface area contributed by atoms with Gasteiger partial charge in [0.25, 0.3) is 0 Å². The van der Waals surface area contributed by atoms with E-state index in [1.54, 1.807) is 26.0 Å². The number of aromatic nitrogens is 1. The van der Waals surface area contributed by atoms with Gasteiger partial charge < -0.3 is 9.67 Å². The van der Waals surface area contributed by atoms with Crippen molar-refractivity contribution in [2.75, 3.05) is 0 Å². The van der Waals surface area contributed by atoms with Crippen molar-refractivity contribution in [2.24, 2.45) is 16.7 Å². The zero-order valence-corrected chi connectivity index (χ0v) is 19.3. The van der Waals surface area contributed by atoms with Crippen LogP contribution in [0.2, 0.25) is 10.0 Å². The molecular formula is C23H21Cl2F3N2O2. The van der Waals surface area contributed by atoms with Crippen LogP contribution in [0.15, 0.2) is 35.9 Å². The highest BCUT2D eigenvalue weighted by atomic mass is 35.5. The normalized spacial score (nSPS) is 21.7. The summed E-state index contributed by atoms with van der Waals surface area (Å²) in [6.07, 6.45) is -3.13. The molecule has 1 fully saturated rings. The van der Waals surface area contributed by atoms with Gasteiger partial charge in [0.15, 0.2) is 0 Å². The van der Waals surface area contributed by atoms with E-state index < -0.39 is 46.2 Å². The molecule has 1 aromatic heterocycles. The molecule has 1 saturated carbocycles. The fourth-order valence-corrected chi connectivity index (χ4v) is 5.11. The number of nitrogens with zero attached hydrogens (tertiary/aromatic N) is 2. The topological polar surface area (TPSA) is 66.0 Å². The average Bonchev–Trinajstić information content (AvgIpc) is 2.97. The third-order valence-electron chi connectivity index (χ3n) is 6.37. The number of carboxylic acids is 1. The molecule has 1 aromatic carbocycles. The summed E-state index contributed by atoms with van der Waals surface area (Å²) in [5.41, 5.74) is -2.87. The van der Waals surface area contributed by atoms with Gasteiger partial charge in [-0.1, -0.05) is 60.8 Å². The van der Waals surface area contributed by atoms with Gasteiger partial charge in [0.1, 0.15) is 11.8 Å². The van der Waals surface area contributed by atoms with Crippen LogP contribution in [0.1, 0.15) is 39.0 Å². The van der Waals surface area contributed by atoms with E-state index in [0.717, 1.165) is 10.1 Å². The fourth-order valence-electron chi connectivity index (χ4n) is 4.64. The lowest BCUT2D eigenvalue weighted by Gasteiger charge is -2.22. The molecule has 1 aliphatic rings. The lowest BCUT2D eigenvalue weighted by atomic mass is 9.95. The lowest BCUT2D eigenvalue weighted by Crippen LogP contribution is -2.30. The molecule has 0 amide bonds. The standard InChI is InChI=1S/C23H21Cl2F3N2O2/c1-12(2)9-16-21(3,4)22(16,20(31)32)11-30-18(13-5-7-14(24)8-6-13)15(10-29)17(25)19(30)23(26,27)28/h5-9,16H,11H2,1-4H3,(H,31,32). The molecule has 1 aliphatic carbocycles. The molecule has 0 bridgehead atoms. The Bertz CT molecular complexity index is 1150. The number of halogens is 5. The molecule has 0 radical (unpaired) electrons. The number of benzene rings is 1. The van der Waals surface area contributed by atoms with Gasteiger partial charge in [-0.3, -0.25) is 4.79 Å². The summed E-state index contributed by atoms with van der Waals surface area (Å²) in [7, 11) is 0. The molecule has 2 atom stereocenters. The molecule has 0 saturated heterocycles. The molecule has 3 rings (SSSR count). The molecule has 2 unspecified atom stereocenters. The molecule has 170 valence electrons. The van der Waals surface area contributed by atoms with Crippen molar-refractivity contribution in [3.8, 4) is 17.3 Å². The molecule has 0 spiro atoms. The summed E-state index contributed by atoms with van der Waals surface area (Å²) in [6.45, 7) is 6.55. The summed E-state index contributed by atoms with van der Waals surface area (Å²) >= 11 is 12.0. The maximum absolute atomic E-state index is 14.1. The summed E-state index contributed by atoms with van der Waals surface area (Å²) in [5.74, 6) is -1.70. The van der Waals surface area contributed by atoms with Crippen LogP contribution < -0.4 is 0 Å². The smallest absolute Gasteiger partial charge is 0.432 e. The van der Waals surface area contributed by atoms with Crippen LogP contribution in [0.3, 0.4) is 0 Å². The highest BCUT2D eigenvalue weighted by Crippen LogP contribution is 2.71. The molecule has 1 heterocycles. The molecule has 1 N–H and O–H groups in total. The van der Waals surface area contributed by atoms with Gasteiger partial charge in [-0.05, 0) is 37.0 Å². The van der Waals surface area contributed by atoms with Crippen LogP contribution in [0.5, 0.6) is 0 Å². The zero-order valence-electron chi connectivity index (χ0n) is 17.8. The number of hydrogen-bond acceptors (Lipinski definition) is 2. The molecule has 0 aliphatic heterocycles. The van der Waals surface area contributed by atoms with Crippen molar-refractivity contribution < 1.29 is 23.1 Å². The van der Waals surface area contributed by atoms with E-state index in [2.05, 4.69) is 0 Å². The maximum Gasteiger partial charge on any atom is 0.432 e. The highest BCUT2D eigenvalue weighted by Gasteiger charge is 2.75. The Labute approximate surface area is 193 Å². The minimum absolute atomic E-state index is 0.0826. The van der Waals surface area contributed by atoms with Crippen LogP contribution in [0.25, 0.3) is 11.3 Å². The number of hydrogen-bond donors (Lipinski definition) is 1. The van der Waals surface area contributed by atoms with E-state index in [0.29, 0.717) is 5.02 Å². The minimum atomic E-state index is -4.90. The van der Waals surface area contributed by atoms with Crippen LogP contribution >= 0.6 is 23.2 Å². The predicted octanol–water partition coefficient (Wildman–Crippen LogP) is 7.05. The molecule has 32 heavy (non-hydrogen) atoms. The number of aliphatic carboxylic acids is 1. The van der Waals surface area contributed by atoms with E-state index in [9.17, 15) is 28.3 Å². The van der Waals surface area contributed by atoms with Crippen molar-refractivity contribution in [3.63, 3.8) is 0 Å². The van der Waals surface area contributed by atoms with Gasteiger partial charge in [0, 0.05) is 17.5 Å². The Morgan fingerprint density at radius 3 is 2.25 bits per heavy atom. The van der Waals surface area contributed by atoms with Gasteiger partial charge in [-0.25, -0.2) is 0 Å². The predicted molar refractivity (Wildman–Crippen MR) is 116 cm³/mol. The number of rotatable bonds is 5. The van der Waals surface area contributed by atoms with Crippen molar-refractivity contribution in [2.45, 2.75) is 40.4 Å². The molecule has 2 aromatic rings. The molecule has 9 heteroatoms. The Hall–Kier alpha value is -2.43. The van der Waals surface area contributed by atoms with E-state index >= 15 is 0 Å². The van der Waals surface area contributed by atoms with Gasteiger partial charge in [0.05, 0.1) is 21.7 Å². The van der Waals surface area contributed by atoms with Crippen LogP contribution in [-0.2, 0) is 17.5 Å². The number of carboxylic acid groups (broad SMARTS) is 1. The van der Waals surface area contributed by atoms with Crippen molar-refractivity contribution in [3.05, 3.63) is 57.2 Å². The van der Waals surface area contributed by atoms with Gasteiger partial charge in [-0.15, -0.1) is 0 Å². The third kappa shape index (κ3) is 3.60. The first-order valence-corrected chi connectivity index (χ1v) is 10.5.